The Kier molecular flexibility index (Phi) is 5.58. The second-order valence-corrected chi connectivity index (χ2v) is 8.52. The lowest BCUT2D eigenvalue weighted by Crippen LogP contribution is -2.27. The van der Waals surface area contributed by atoms with Gasteiger partial charge >= 0.3 is 0 Å². The molecule has 0 unspecified atom stereocenters. The third-order valence-corrected chi connectivity index (χ3v) is 6.50. The highest BCUT2D eigenvalue weighted by Crippen LogP contribution is 2.32. The number of nitrogens with zero attached hydrogens (tertiary/aromatic N) is 2. The van der Waals surface area contributed by atoms with E-state index in [0.717, 1.165) is 40.7 Å². The first-order chi connectivity index (χ1) is 13.2. The van der Waals surface area contributed by atoms with Crippen LogP contribution >= 0.6 is 11.3 Å². The Labute approximate surface area is 164 Å². The molecule has 1 fully saturated rings. The molecule has 0 radical (unpaired) electrons. The van der Waals surface area contributed by atoms with Gasteiger partial charge < -0.3 is 5.32 Å². The second-order valence-electron chi connectivity index (χ2n) is 7.65. The molecule has 142 valence electrons. The molecule has 0 bridgehead atoms. The lowest BCUT2D eigenvalue weighted by Gasteiger charge is -2.27. The number of anilines is 1. The van der Waals surface area contributed by atoms with Crippen LogP contribution in [0.25, 0.3) is 16.2 Å². The summed E-state index contributed by atoms with van der Waals surface area (Å²) in [6.07, 6.45) is 12.4. The summed E-state index contributed by atoms with van der Waals surface area (Å²) in [5.74, 6) is 1.18. The predicted molar refractivity (Wildman–Crippen MR) is 112 cm³/mol. The normalized spacial score (nSPS) is 20.0. The SMILES string of the molecule is CCCCC1CCC(C(=O)Nc2ccc(-c3cn4ccsc4n3)cc2)CC1. The first-order valence-corrected chi connectivity index (χ1v) is 10.9. The molecule has 1 aliphatic rings. The number of unbranched alkanes of at least 4 members (excludes halogenated alkanes) is 1. The Morgan fingerprint density at radius 2 is 2.00 bits per heavy atom. The highest BCUT2D eigenvalue weighted by Gasteiger charge is 2.26. The van der Waals surface area contributed by atoms with Gasteiger partial charge in [-0.25, -0.2) is 4.98 Å². The van der Waals surface area contributed by atoms with E-state index in [1.165, 1.54) is 32.1 Å². The van der Waals surface area contributed by atoms with Gasteiger partial charge in [-0.15, -0.1) is 11.3 Å². The average molecular weight is 382 g/mol. The lowest BCUT2D eigenvalue weighted by atomic mass is 9.79. The molecule has 1 N–H and O–H groups in total. The van der Waals surface area contributed by atoms with E-state index in [1.54, 1.807) is 11.3 Å². The summed E-state index contributed by atoms with van der Waals surface area (Å²) in [7, 11) is 0. The summed E-state index contributed by atoms with van der Waals surface area (Å²) in [6.45, 7) is 2.25. The van der Waals surface area contributed by atoms with Gasteiger partial charge in [0.1, 0.15) is 0 Å². The average Bonchev–Trinajstić information content (AvgIpc) is 3.29. The molecular weight excluding hydrogens is 354 g/mol. The molecule has 0 aliphatic heterocycles. The molecule has 1 saturated carbocycles. The Morgan fingerprint density at radius 3 is 2.70 bits per heavy atom. The van der Waals surface area contributed by atoms with Crippen molar-refractivity contribution in [3.63, 3.8) is 0 Å². The van der Waals surface area contributed by atoms with E-state index in [1.807, 2.05) is 46.4 Å². The first kappa shape index (κ1) is 18.2. The van der Waals surface area contributed by atoms with Gasteiger partial charge in [-0.3, -0.25) is 9.20 Å². The van der Waals surface area contributed by atoms with Crippen molar-refractivity contribution in [2.45, 2.75) is 51.9 Å². The summed E-state index contributed by atoms with van der Waals surface area (Å²) >= 11 is 1.63. The topological polar surface area (TPSA) is 46.4 Å². The van der Waals surface area contributed by atoms with Crippen LogP contribution in [0.1, 0.15) is 51.9 Å². The van der Waals surface area contributed by atoms with Gasteiger partial charge in [0.15, 0.2) is 4.96 Å². The van der Waals surface area contributed by atoms with E-state index in [-0.39, 0.29) is 11.8 Å². The van der Waals surface area contributed by atoms with Crippen molar-refractivity contribution in [2.75, 3.05) is 5.32 Å². The van der Waals surface area contributed by atoms with Gasteiger partial charge in [-0.05, 0) is 43.7 Å². The molecule has 4 rings (SSSR count). The van der Waals surface area contributed by atoms with Crippen LogP contribution < -0.4 is 5.32 Å². The number of thiazole rings is 1. The molecule has 2 heterocycles. The molecule has 4 nitrogen and oxygen atoms in total. The minimum Gasteiger partial charge on any atom is -0.326 e. The Morgan fingerprint density at radius 1 is 1.22 bits per heavy atom. The highest BCUT2D eigenvalue weighted by atomic mass is 32.1. The summed E-state index contributed by atoms with van der Waals surface area (Å²) < 4.78 is 2.03. The predicted octanol–water partition coefficient (Wildman–Crippen LogP) is 6.00. The summed E-state index contributed by atoms with van der Waals surface area (Å²) in [4.78, 5) is 18.2. The minimum absolute atomic E-state index is 0.169. The fourth-order valence-electron chi connectivity index (χ4n) is 4.04. The van der Waals surface area contributed by atoms with Gasteiger partial charge in [-0.2, -0.15) is 0 Å². The molecule has 2 aromatic heterocycles. The third kappa shape index (κ3) is 4.24. The van der Waals surface area contributed by atoms with E-state index >= 15 is 0 Å². The standard InChI is InChI=1S/C22H27N3OS/c1-2-3-4-16-5-7-18(8-6-16)21(26)23-19-11-9-17(10-12-19)20-15-25-13-14-27-22(25)24-20/h9-16,18H,2-8H2,1H3,(H,23,26). The number of carbonyl (C=O) groups is 1. The number of amides is 1. The number of hydrogen-bond acceptors (Lipinski definition) is 3. The molecule has 1 aromatic carbocycles. The number of imidazole rings is 1. The second kappa shape index (κ2) is 8.26. The number of nitrogens with one attached hydrogen (secondary N) is 1. The summed E-state index contributed by atoms with van der Waals surface area (Å²) in [6, 6.07) is 8.02. The van der Waals surface area contributed by atoms with E-state index in [9.17, 15) is 4.79 Å². The van der Waals surface area contributed by atoms with E-state index < -0.39 is 0 Å². The molecule has 5 heteroatoms. The molecule has 0 spiro atoms. The van der Waals surface area contributed by atoms with Crippen molar-refractivity contribution in [1.29, 1.82) is 0 Å². The van der Waals surface area contributed by atoms with Crippen molar-refractivity contribution in [3.8, 4) is 11.3 Å². The highest BCUT2D eigenvalue weighted by molar-refractivity contribution is 7.15. The van der Waals surface area contributed by atoms with Crippen molar-refractivity contribution >= 4 is 27.9 Å². The number of carbonyl (C=O) groups excluding carboxylic acids is 1. The van der Waals surface area contributed by atoms with Crippen molar-refractivity contribution in [3.05, 3.63) is 42.0 Å². The number of rotatable bonds is 6. The molecule has 0 saturated heterocycles. The van der Waals surface area contributed by atoms with Crippen LogP contribution in [0.3, 0.4) is 0 Å². The molecule has 1 amide bonds. The molecule has 0 atom stereocenters. The van der Waals surface area contributed by atoms with Gasteiger partial charge in [0.25, 0.3) is 0 Å². The zero-order valence-electron chi connectivity index (χ0n) is 15.9. The Hall–Kier alpha value is -2.14. The van der Waals surface area contributed by atoms with E-state index in [0.29, 0.717) is 0 Å². The van der Waals surface area contributed by atoms with Crippen LogP contribution in [0.15, 0.2) is 42.0 Å². The number of aromatic nitrogens is 2. The Bertz CT molecular complexity index is 859. The minimum atomic E-state index is 0.169. The van der Waals surface area contributed by atoms with Crippen molar-refractivity contribution in [2.24, 2.45) is 11.8 Å². The maximum atomic E-state index is 12.6. The quantitative estimate of drug-likeness (QED) is 0.569. The van der Waals surface area contributed by atoms with Gasteiger partial charge in [0.2, 0.25) is 5.91 Å². The molecular formula is C22H27N3OS. The first-order valence-electron chi connectivity index (χ1n) is 10.1. The van der Waals surface area contributed by atoms with Crippen LogP contribution in [-0.2, 0) is 4.79 Å². The number of benzene rings is 1. The van der Waals surface area contributed by atoms with Crippen LogP contribution in [0.4, 0.5) is 5.69 Å². The zero-order valence-corrected chi connectivity index (χ0v) is 16.7. The van der Waals surface area contributed by atoms with Gasteiger partial charge in [-0.1, -0.05) is 38.3 Å². The third-order valence-electron chi connectivity index (χ3n) is 5.72. The van der Waals surface area contributed by atoms with Crippen LogP contribution in [0.2, 0.25) is 0 Å². The Balaban J connectivity index is 1.33. The smallest absolute Gasteiger partial charge is 0.227 e. The fourth-order valence-corrected chi connectivity index (χ4v) is 4.74. The number of fused-ring (bicyclic) bond motifs is 1. The monoisotopic (exact) mass is 381 g/mol. The number of hydrogen-bond donors (Lipinski definition) is 1. The van der Waals surface area contributed by atoms with E-state index in [4.69, 9.17) is 0 Å². The molecule has 3 aromatic rings. The summed E-state index contributed by atoms with van der Waals surface area (Å²) in [5.41, 5.74) is 2.91. The van der Waals surface area contributed by atoms with Crippen molar-refractivity contribution in [1.82, 2.24) is 9.38 Å². The molecule has 1 aliphatic carbocycles. The lowest BCUT2D eigenvalue weighted by molar-refractivity contribution is -0.121. The zero-order chi connectivity index (χ0) is 18.6. The van der Waals surface area contributed by atoms with Crippen LogP contribution in [0, 0.1) is 11.8 Å². The molecule has 27 heavy (non-hydrogen) atoms. The largest absolute Gasteiger partial charge is 0.326 e. The maximum absolute atomic E-state index is 12.6. The van der Waals surface area contributed by atoms with Gasteiger partial charge in [0, 0.05) is 34.9 Å². The maximum Gasteiger partial charge on any atom is 0.227 e. The fraction of sp³-hybridized carbons (Fsp3) is 0.455. The van der Waals surface area contributed by atoms with Crippen LogP contribution in [0.5, 0.6) is 0 Å². The van der Waals surface area contributed by atoms with Gasteiger partial charge in [0.05, 0.1) is 5.69 Å². The van der Waals surface area contributed by atoms with Crippen LogP contribution in [-0.4, -0.2) is 15.3 Å². The van der Waals surface area contributed by atoms with Crippen molar-refractivity contribution < 1.29 is 4.79 Å². The van der Waals surface area contributed by atoms with E-state index in [2.05, 4.69) is 17.2 Å². The summed E-state index contributed by atoms with van der Waals surface area (Å²) in [5, 5.41) is 5.14.